The zero-order valence-corrected chi connectivity index (χ0v) is 20.3. The number of ether oxygens (including phenoxy) is 1. The number of hydrogen-bond acceptors (Lipinski definition) is 7. The predicted molar refractivity (Wildman–Crippen MR) is 134 cm³/mol. The van der Waals surface area contributed by atoms with Crippen molar-refractivity contribution in [3.05, 3.63) is 63.7 Å². The van der Waals surface area contributed by atoms with Crippen molar-refractivity contribution in [3.63, 3.8) is 0 Å². The summed E-state index contributed by atoms with van der Waals surface area (Å²) in [4.78, 5) is 42.5. The number of amides is 2. The second-order valence-electron chi connectivity index (χ2n) is 7.87. The molecule has 1 fully saturated rings. The number of carbonyl (C=O) groups excluding carboxylic acids is 2. The number of nitro benzene ring substituents is 1. The maximum Gasteiger partial charge on any atom is 0.271 e. The number of rotatable bonds is 10. The summed E-state index contributed by atoms with van der Waals surface area (Å²) in [6.07, 6.45) is 0.582. The Kier molecular flexibility index (Phi) is 8.78. The van der Waals surface area contributed by atoms with Crippen molar-refractivity contribution in [3.8, 4) is 0 Å². The number of aryl methyl sites for hydroxylation is 2. The molecule has 34 heavy (non-hydrogen) atoms. The van der Waals surface area contributed by atoms with Crippen molar-refractivity contribution in [1.29, 1.82) is 0 Å². The quantitative estimate of drug-likeness (QED) is 0.299. The third-order valence-electron chi connectivity index (χ3n) is 5.32. The first-order chi connectivity index (χ1) is 16.3. The van der Waals surface area contributed by atoms with E-state index in [9.17, 15) is 19.7 Å². The molecule has 0 aromatic heterocycles. The van der Waals surface area contributed by atoms with Crippen LogP contribution < -0.4 is 5.32 Å². The fourth-order valence-corrected chi connectivity index (χ4v) is 4.57. The summed E-state index contributed by atoms with van der Waals surface area (Å²) >= 11 is 1.26. The predicted octanol–water partition coefficient (Wildman–Crippen LogP) is 4.60. The molecule has 10 heteroatoms. The number of carbonyl (C=O) groups is 2. The Balaban J connectivity index is 1.74. The summed E-state index contributed by atoms with van der Waals surface area (Å²) in [6.45, 7) is 7.52. The van der Waals surface area contributed by atoms with Crippen LogP contribution in [0.3, 0.4) is 0 Å². The van der Waals surface area contributed by atoms with Crippen molar-refractivity contribution in [2.45, 2.75) is 38.9 Å². The molecule has 1 heterocycles. The molecule has 2 amide bonds. The van der Waals surface area contributed by atoms with Crippen LogP contribution in [0.2, 0.25) is 0 Å². The highest BCUT2D eigenvalue weighted by atomic mass is 32.2. The SMILES string of the molecule is CCOCCCN1C(=O)C(CC(=O)Nc2cccc([N+](=O)[O-])c2)SC1=Nc1ccc(C)c(C)c1. The van der Waals surface area contributed by atoms with E-state index in [2.05, 4.69) is 5.32 Å². The van der Waals surface area contributed by atoms with Crippen LogP contribution in [-0.4, -0.2) is 51.8 Å². The third kappa shape index (κ3) is 6.64. The number of nitrogens with one attached hydrogen (secondary N) is 1. The highest BCUT2D eigenvalue weighted by Crippen LogP contribution is 2.32. The molecule has 1 aliphatic rings. The Labute approximate surface area is 202 Å². The van der Waals surface area contributed by atoms with Crippen LogP contribution in [0.4, 0.5) is 17.1 Å². The van der Waals surface area contributed by atoms with E-state index in [0.29, 0.717) is 37.0 Å². The Morgan fingerprint density at radius 3 is 2.74 bits per heavy atom. The number of nitrogens with zero attached hydrogens (tertiary/aromatic N) is 3. The highest BCUT2D eigenvalue weighted by molar-refractivity contribution is 8.15. The van der Waals surface area contributed by atoms with Gasteiger partial charge in [-0.1, -0.05) is 23.9 Å². The van der Waals surface area contributed by atoms with E-state index < -0.39 is 16.1 Å². The van der Waals surface area contributed by atoms with Gasteiger partial charge in [-0.25, -0.2) is 4.99 Å². The van der Waals surface area contributed by atoms with Gasteiger partial charge in [0.05, 0.1) is 10.6 Å². The topological polar surface area (TPSA) is 114 Å². The second-order valence-corrected chi connectivity index (χ2v) is 9.04. The van der Waals surface area contributed by atoms with Crippen LogP contribution in [0, 0.1) is 24.0 Å². The standard InChI is InChI=1S/C24H28N4O5S/c1-4-33-12-6-11-27-23(30)21(34-24(27)26-19-10-9-16(2)17(3)13-19)15-22(29)25-18-7-5-8-20(14-18)28(31)32/h5,7-10,13-14,21H,4,6,11-12,15H2,1-3H3,(H,25,29). The fourth-order valence-electron chi connectivity index (χ4n) is 3.38. The van der Waals surface area contributed by atoms with Crippen LogP contribution >= 0.6 is 11.8 Å². The molecule has 9 nitrogen and oxygen atoms in total. The summed E-state index contributed by atoms with van der Waals surface area (Å²) in [5.41, 5.74) is 3.20. The highest BCUT2D eigenvalue weighted by Gasteiger charge is 2.39. The molecule has 1 unspecified atom stereocenters. The van der Waals surface area contributed by atoms with Crippen molar-refractivity contribution in [1.82, 2.24) is 4.90 Å². The third-order valence-corrected chi connectivity index (χ3v) is 6.50. The minimum atomic E-state index is -0.629. The minimum absolute atomic E-state index is 0.0693. The van der Waals surface area contributed by atoms with E-state index >= 15 is 0 Å². The number of thioether (sulfide) groups is 1. The smallest absolute Gasteiger partial charge is 0.271 e. The Bertz CT molecular complexity index is 1100. The number of hydrogen-bond donors (Lipinski definition) is 1. The van der Waals surface area contributed by atoms with Gasteiger partial charge in [0.15, 0.2) is 5.17 Å². The molecular formula is C24H28N4O5S. The summed E-state index contributed by atoms with van der Waals surface area (Å²) in [5, 5.41) is 13.5. The number of aliphatic imine (C=N–C) groups is 1. The largest absolute Gasteiger partial charge is 0.382 e. The van der Waals surface area contributed by atoms with Gasteiger partial charge in [-0.05, 0) is 56.5 Å². The lowest BCUT2D eigenvalue weighted by Crippen LogP contribution is -2.34. The van der Waals surface area contributed by atoms with Crippen LogP contribution in [0.15, 0.2) is 47.5 Å². The lowest BCUT2D eigenvalue weighted by molar-refractivity contribution is -0.384. The van der Waals surface area contributed by atoms with Crippen molar-refractivity contribution in [2.75, 3.05) is 25.1 Å². The Morgan fingerprint density at radius 2 is 2.03 bits per heavy atom. The first kappa shape index (κ1) is 25.4. The molecule has 2 aromatic rings. The first-order valence-corrected chi connectivity index (χ1v) is 11.9. The molecule has 0 saturated carbocycles. The van der Waals surface area contributed by atoms with E-state index in [1.807, 2.05) is 39.0 Å². The fraction of sp³-hybridized carbons (Fsp3) is 0.375. The monoisotopic (exact) mass is 484 g/mol. The number of benzene rings is 2. The number of nitro groups is 1. The molecule has 3 rings (SSSR count). The molecular weight excluding hydrogens is 456 g/mol. The van der Waals surface area contributed by atoms with Gasteiger partial charge in [0.25, 0.3) is 5.69 Å². The number of anilines is 1. The van der Waals surface area contributed by atoms with Gasteiger partial charge in [0, 0.05) is 44.0 Å². The average Bonchev–Trinajstić information content (AvgIpc) is 3.07. The Morgan fingerprint density at radius 1 is 1.24 bits per heavy atom. The molecule has 1 N–H and O–H groups in total. The normalized spacial score (nSPS) is 16.8. The summed E-state index contributed by atoms with van der Waals surface area (Å²) in [5.74, 6) is -0.577. The van der Waals surface area contributed by atoms with E-state index in [-0.39, 0.29) is 18.0 Å². The lowest BCUT2D eigenvalue weighted by Gasteiger charge is -2.16. The summed E-state index contributed by atoms with van der Waals surface area (Å²) < 4.78 is 5.40. The van der Waals surface area contributed by atoms with E-state index in [1.165, 1.54) is 30.0 Å². The van der Waals surface area contributed by atoms with Crippen LogP contribution in [0.1, 0.15) is 30.9 Å². The molecule has 0 spiro atoms. The molecule has 1 atom stereocenters. The molecule has 0 aliphatic carbocycles. The summed E-state index contributed by atoms with van der Waals surface area (Å²) in [6, 6.07) is 11.6. The van der Waals surface area contributed by atoms with Gasteiger partial charge in [-0.2, -0.15) is 0 Å². The average molecular weight is 485 g/mol. The summed E-state index contributed by atoms with van der Waals surface area (Å²) in [7, 11) is 0. The van der Waals surface area contributed by atoms with Crippen molar-refractivity contribution >= 4 is 45.8 Å². The first-order valence-electron chi connectivity index (χ1n) is 11.0. The van der Waals surface area contributed by atoms with Crippen LogP contribution in [0.25, 0.3) is 0 Å². The van der Waals surface area contributed by atoms with Gasteiger partial charge in [0.2, 0.25) is 11.8 Å². The molecule has 0 bridgehead atoms. The molecule has 1 saturated heterocycles. The maximum atomic E-state index is 13.1. The van der Waals surface area contributed by atoms with Crippen molar-refractivity contribution in [2.24, 2.45) is 4.99 Å². The molecule has 180 valence electrons. The van der Waals surface area contributed by atoms with E-state index in [0.717, 1.165) is 16.8 Å². The van der Waals surface area contributed by atoms with E-state index in [4.69, 9.17) is 9.73 Å². The minimum Gasteiger partial charge on any atom is -0.382 e. The number of amidine groups is 1. The van der Waals surface area contributed by atoms with Gasteiger partial charge in [0.1, 0.15) is 5.25 Å². The van der Waals surface area contributed by atoms with Crippen LogP contribution in [0.5, 0.6) is 0 Å². The second kappa shape index (κ2) is 11.8. The molecule has 1 aliphatic heterocycles. The number of non-ortho nitro benzene ring substituents is 1. The van der Waals surface area contributed by atoms with Gasteiger partial charge < -0.3 is 10.1 Å². The lowest BCUT2D eigenvalue weighted by atomic mass is 10.1. The zero-order chi connectivity index (χ0) is 24.7. The Hall–Kier alpha value is -3.24. The zero-order valence-electron chi connectivity index (χ0n) is 19.4. The van der Waals surface area contributed by atoms with Crippen molar-refractivity contribution < 1.29 is 19.2 Å². The van der Waals surface area contributed by atoms with Gasteiger partial charge in [-0.3, -0.25) is 24.6 Å². The van der Waals surface area contributed by atoms with Gasteiger partial charge in [-0.15, -0.1) is 0 Å². The van der Waals surface area contributed by atoms with Crippen LogP contribution in [-0.2, 0) is 14.3 Å². The molecule has 0 radical (unpaired) electrons. The molecule has 2 aromatic carbocycles. The van der Waals surface area contributed by atoms with E-state index in [1.54, 1.807) is 11.0 Å². The maximum absolute atomic E-state index is 13.1. The van der Waals surface area contributed by atoms with Gasteiger partial charge >= 0.3 is 0 Å².